The molecular formula is C25H30N4O5S. The minimum Gasteiger partial charge on any atom is -0.400 e. The highest BCUT2D eigenvalue weighted by atomic mass is 32.2. The van der Waals surface area contributed by atoms with Crippen molar-refractivity contribution in [1.82, 2.24) is 4.31 Å². The molecule has 35 heavy (non-hydrogen) atoms. The number of nitriles is 1. The molecule has 0 saturated carbocycles. The maximum absolute atomic E-state index is 13.2. The molecule has 0 aliphatic carbocycles. The lowest BCUT2D eigenvalue weighted by Crippen LogP contribution is -2.29. The topological polar surface area (TPSA) is 140 Å². The first kappa shape index (κ1) is 27.9. The van der Waals surface area contributed by atoms with Gasteiger partial charge in [-0.2, -0.15) is 9.57 Å². The number of aryl methyl sites for hydroxylation is 1. The predicted octanol–water partition coefficient (Wildman–Crippen LogP) is 2.77. The summed E-state index contributed by atoms with van der Waals surface area (Å²) in [6, 6.07) is 11.1. The molecule has 9 nitrogen and oxygen atoms in total. The molecular weight excluding hydrogens is 468 g/mol. The van der Waals surface area contributed by atoms with E-state index in [4.69, 9.17) is 10.4 Å². The number of rotatable bonds is 8. The molecule has 10 heteroatoms. The van der Waals surface area contributed by atoms with Crippen molar-refractivity contribution in [2.45, 2.75) is 37.5 Å². The average Bonchev–Trinajstić information content (AvgIpc) is 3.43. The first-order chi connectivity index (χ1) is 16.8. The quantitative estimate of drug-likeness (QED) is 0.424. The minimum absolute atomic E-state index is 0.0677. The van der Waals surface area contributed by atoms with Gasteiger partial charge in [-0.05, 0) is 55.2 Å². The first-order valence-corrected chi connectivity index (χ1v) is 12.6. The van der Waals surface area contributed by atoms with Crippen LogP contribution in [0, 0.1) is 11.3 Å². The van der Waals surface area contributed by atoms with Crippen molar-refractivity contribution in [2.24, 2.45) is 4.99 Å². The molecule has 0 radical (unpaired) electrons. The fraction of sp³-hybridized carbons (Fsp3) is 0.360. The molecule has 0 spiro atoms. The van der Waals surface area contributed by atoms with Crippen molar-refractivity contribution in [1.29, 1.82) is 5.26 Å². The molecule has 0 aromatic heterocycles. The minimum atomic E-state index is -3.67. The summed E-state index contributed by atoms with van der Waals surface area (Å²) in [5, 5.41) is 18.7. The molecule has 1 aliphatic rings. The van der Waals surface area contributed by atoms with Crippen LogP contribution in [0.4, 0.5) is 5.69 Å². The normalized spacial score (nSPS) is 14.0. The van der Waals surface area contributed by atoms with Crippen LogP contribution in [0.2, 0.25) is 0 Å². The zero-order valence-electron chi connectivity index (χ0n) is 20.1. The summed E-state index contributed by atoms with van der Waals surface area (Å²) in [6.45, 7) is 2.96. The van der Waals surface area contributed by atoms with Crippen molar-refractivity contribution in [3.05, 3.63) is 58.7 Å². The van der Waals surface area contributed by atoms with E-state index in [1.165, 1.54) is 35.6 Å². The van der Waals surface area contributed by atoms with E-state index < -0.39 is 15.9 Å². The van der Waals surface area contributed by atoms with E-state index in [2.05, 4.69) is 10.3 Å². The van der Waals surface area contributed by atoms with Gasteiger partial charge >= 0.3 is 0 Å². The molecule has 2 aromatic carbocycles. The van der Waals surface area contributed by atoms with Gasteiger partial charge in [0.05, 0.1) is 22.2 Å². The number of sulfonamides is 1. The summed E-state index contributed by atoms with van der Waals surface area (Å²) in [6.07, 6.45) is 3.66. The standard InChI is InChI=1S/C24H26N4O4S.CH4O/c1-3-6-18-8-9-20(33(31,32)28-11-4-5-12-28)14-21(18)23(26-2)24(30)27-22-10-7-17(15-25)13-19(22)16-29;1-2/h7-10,13-14,16H,3-6,11-12H2,1-2H3,(H,27,30);2H,1H3. The van der Waals surface area contributed by atoms with E-state index in [0.29, 0.717) is 36.9 Å². The molecule has 1 saturated heterocycles. The first-order valence-electron chi connectivity index (χ1n) is 11.2. The summed E-state index contributed by atoms with van der Waals surface area (Å²) >= 11 is 0. The average molecular weight is 499 g/mol. The number of aliphatic imine (C=N–C) groups is 1. The van der Waals surface area contributed by atoms with Crippen molar-refractivity contribution >= 4 is 33.6 Å². The van der Waals surface area contributed by atoms with Crippen molar-refractivity contribution < 1.29 is 23.1 Å². The molecule has 2 aromatic rings. The number of hydrogen-bond donors (Lipinski definition) is 2. The highest BCUT2D eigenvalue weighted by Gasteiger charge is 2.29. The number of anilines is 1. The van der Waals surface area contributed by atoms with E-state index >= 15 is 0 Å². The van der Waals surface area contributed by atoms with Crippen LogP contribution in [0.3, 0.4) is 0 Å². The van der Waals surface area contributed by atoms with E-state index in [-0.39, 0.29) is 21.9 Å². The van der Waals surface area contributed by atoms with Gasteiger partial charge in [0.2, 0.25) is 10.0 Å². The molecule has 0 bridgehead atoms. The van der Waals surface area contributed by atoms with Crippen LogP contribution in [0.1, 0.15) is 53.2 Å². The Labute approximate surface area is 206 Å². The van der Waals surface area contributed by atoms with Gasteiger partial charge < -0.3 is 10.4 Å². The van der Waals surface area contributed by atoms with Gasteiger partial charge in [-0.25, -0.2) is 8.42 Å². The van der Waals surface area contributed by atoms with Crippen LogP contribution < -0.4 is 5.32 Å². The summed E-state index contributed by atoms with van der Waals surface area (Å²) < 4.78 is 27.6. The van der Waals surface area contributed by atoms with Crippen LogP contribution in [0.15, 0.2) is 46.3 Å². The number of nitrogens with one attached hydrogen (secondary N) is 1. The Bertz CT molecular complexity index is 1240. The maximum atomic E-state index is 13.2. The number of nitrogens with zero attached hydrogens (tertiary/aromatic N) is 3. The SMILES string of the molecule is CCCc1ccc(S(=O)(=O)N2CCCC2)cc1C(=NC)C(=O)Nc1ccc(C#N)cc1C=O.CO. The lowest BCUT2D eigenvalue weighted by molar-refractivity contribution is -0.110. The van der Waals surface area contributed by atoms with Crippen LogP contribution in [0.25, 0.3) is 0 Å². The number of carbonyl (C=O) groups excluding carboxylic acids is 2. The molecule has 1 heterocycles. The molecule has 0 atom stereocenters. The smallest absolute Gasteiger partial charge is 0.274 e. The van der Waals surface area contributed by atoms with Crippen molar-refractivity contribution in [3.63, 3.8) is 0 Å². The monoisotopic (exact) mass is 498 g/mol. The fourth-order valence-corrected chi connectivity index (χ4v) is 5.41. The second-order valence-corrected chi connectivity index (χ2v) is 9.68. The second kappa shape index (κ2) is 12.9. The van der Waals surface area contributed by atoms with Gasteiger partial charge in [-0.3, -0.25) is 14.6 Å². The lowest BCUT2D eigenvalue weighted by Gasteiger charge is -2.18. The number of carbonyl (C=O) groups is 2. The largest absolute Gasteiger partial charge is 0.400 e. The number of benzene rings is 2. The van der Waals surface area contributed by atoms with Crippen LogP contribution in [-0.2, 0) is 21.2 Å². The van der Waals surface area contributed by atoms with Gasteiger partial charge in [0.1, 0.15) is 5.71 Å². The molecule has 1 amide bonds. The Morgan fingerprint density at radius 3 is 2.46 bits per heavy atom. The summed E-state index contributed by atoms with van der Waals surface area (Å²) in [5.41, 5.74) is 2.02. The molecule has 3 rings (SSSR count). The highest BCUT2D eigenvalue weighted by molar-refractivity contribution is 7.89. The maximum Gasteiger partial charge on any atom is 0.274 e. The molecule has 1 aliphatic heterocycles. The highest BCUT2D eigenvalue weighted by Crippen LogP contribution is 2.25. The fourth-order valence-electron chi connectivity index (χ4n) is 3.87. The van der Waals surface area contributed by atoms with Gasteiger partial charge in [-0.1, -0.05) is 19.4 Å². The molecule has 2 N–H and O–H groups in total. The number of amides is 1. The summed E-state index contributed by atoms with van der Waals surface area (Å²) in [5.74, 6) is -0.571. The third kappa shape index (κ3) is 6.39. The zero-order valence-corrected chi connectivity index (χ0v) is 20.9. The summed E-state index contributed by atoms with van der Waals surface area (Å²) in [4.78, 5) is 28.9. The van der Waals surface area contributed by atoms with E-state index in [1.54, 1.807) is 12.1 Å². The van der Waals surface area contributed by atoms with Crippen LogP contribution in [-0.4, -0.2) is 63.0 Å². The Kier molecular flexibility index (Phi) is 10.3. The van der Waals surface area contributed by atoms with Crippen LogP contribution >= 0.6 is 0 Å². The lowest BCUT2D eigenvalue weighted by atomic mass is 9.98. The Morgan fingerprint density at radius 2 is 1.89 bits per heavy atom. The molecule has 1 fully saturated rings. The van der Waals surface area contributed by atoms with Crippen molar-refractivity contribution in [2.75, 3.05) is 32.6 Å². The van der Waals surface area contributed by atoms with Gasteiger partial charge in [-0.15, -0.1) is 0 Å². The second-order valence-electron chi connectivity index (χ2n) is 7.74. The number of aliphatic hydroxyl groups is 1. The van der Waals surface area contributed by atoms with E-state index in [1.807, 2.05) is 13.0 Å². The third-order valence-electron chi connectivity index (χ3n) is 5.55. The summed E-state index contributed by atoms with van der Waals surface area (Å²) in [7, 11) is -1.20. The molecule has 186 valence electrons. The van der Waals surface area contributed by atoms with Crippen LogP contribution in [0.5, 0.6) is 0 Å². The van der Waals surface area contributed by atoms with E-state index in [9.17, 15) is 18.0 Å². The third-order valence-corrected chi connectivity index (χ3v) is 7.45. The number of aliphatic hydroxyl groups excluding tert-OH is 1. The van der Waals surface area contributed by atoms with Gasteiger partial charge in [0.25, 0.3) is 5.91 Å². The Balaban J connectivity index is 0.00000210. The Hall–Kier alpha value is -3.39. The number of hydrogen-bond acceptors (Lipinski definition) is 7. The zero-order chi connectivity index (χ0) is 26.0. The van der Waals surface area contributed by atoms with Gasteiger partial charge in [0, 0.05) is 38.4 Å². The molecule has 0 unspecified atom stereocenters. The van der Waals surface area contributed by atoms with Gasteiger partial charge in [0.15, 0.2) is 6.29 Å². The van der Waals surface area contributed by atoms with Crippen molar-refractivity contribution in [3.8, 4) is 6.07 Å². The van der Waals surface area contributed by atoms with E-state index in [0.717, 1.165) is 31.9 Å². The number of aldehydes is 1. The predicted molar refractivity (Wildman–Crippen MR) is 134 cm³/mol. The Morgan fingerprint density at radius 1 is 1.20 bits per heavy atom.